The van der Waals surface area contributed by atoms with Crippen molar-refractivity contribution in [3.05, 3.63) is 93.2 Å². The summed E-state index contributed by atoms with van der Waals surface area (Å²) >= 11 is 12.3. The van der Waals surface area contributed by atoms with Crippen LogP contribution in [0.5, 0.6) is 0 Å². The molecule has 0 unspecified atom stereocenters. The van der Waals surface area contributed by atoms with E-state index in [0.29, 0.717) is 0 Å². The van der Waals surface area contributed by atoms with Crippen LogP contribution in [-0.2, 0) is 13.0 Å². The lowest BCUT2D eigenvalue weighted by molar-refractivity contribution is 0.0904. The van der Waals surface area contributed by atoms with Crippen molar-refractivity contribution in [3.63, 3.8) is 0 Å². The minimum atomic E-state index is -0.512. The lowest BCUT2D eigenvalue weighted by Crippen LogP contribution is -2.44. The first-order chi connectivity index (χ1) is 17.8. The number of amides is 2. The second-order valence-electron chi connectivity index (χ2n) is 9.33. The molecular weight excluding hydrogens is 509 g/mol. The number of allylic oxidation sites excluding steroid dienone is 1. The van der Waals surface area contributed by atoms with Crippen molar-refractivity contribution >= 4 is 40.7 Å². The number of nitrogens with zero attached hydrogens (tertiary/aromatic N) is 2. The summed E-state index contributed by atoms with van der Waals surface area (Å²) < 4.78 is 0. The molecule has 2 amide bonds. The fraction of sp³-hybridized carbons (Fsp3) is 0.321. The molecule has 9 heteroatoms. The number of carbonyl (C=O) groups excluding carboxylic acids is 2. The van der Waals surface area contributed by atoms with Crippen molar-refractivity contribution in [2.75, 3.05) is 18.4 Å². The molecule has 0 atom stereocenters. The van der Waals surface area contributed by atoms with Crippen LogP contribution in [-0.4, -0.2) is 46.0 Å². The van der Waals surface area contributed by atoms with Gasteiger partial charge in [0.25, 0.3) is 11.8 Å². The summed E-state index contributed by atoms with van der Waals surface area (Å²) in [4.78, 5) is 28.1. The molecule has 0 bridgehead atoms. The molecule has 1 aromatic heterocycles. The van der Waals surface area contributed by atoms with Gasteiger partial charge in [-0.25, -0.2) is 0 Å². The molecule has 4 rings (SSSR count). The van der Waals surface area contributed by atoms with Gasteiger partial charge < -0.3 is 10.6 Å². The molecule has 1 aliphatic heterocycles. The van der Waals surface area contributed by atoms with Crippen LogP contribution in [0.3, 0.4) is 0 Å². The van der Waals surface area contributed by atoms with E-state index in [1.54, 1.807) is 18.2 Å². The topological polar surface area (TPSA) is 90.1 Å². The Balaban J connectivity index is 1.30. The molecule has 0 radical (unpaired) electrons. The van der Waals surface area contributed by atoms with Gasteiger partial charge in [-0.1, -0.05) is 72.6 Å². The number of nitrogens with one attached hydrogen (secondary N) is 3. The zero-order chi connectivity index (χ0) is 26.4. The summed E-state index contributed by atoms with van der Waals surface area (Å²) in [7, 11) is 0. The van der Waals surface area contributed by atoms with E-state index in [0.717, 1.165) is 45.3 Å². The normalized spacial score (nSPS) is 14.4. The number of rotatable bonds is 9. The minimum absolute atomic E-state index is 0.0350. The van der Waals surface area contributed by atoms with Gasteiger partial charge in [0.2, 0.25) is 0 Å². The highest BCUT2D eigenvalue weighted by atomic mass is 35.5. The SMILES string of the molecule is C=C(CC)Cc1cccc(CN2CCC(NC(=O)c3[nH]ncc3NC(=O)c3c(Cl)cccc3Cl)CC2)c1. The summed E-state index contributed by atoms with van der Waals surface area (Å²) in [6.07, 6.45) is 4.97. The molecule has 7 nitrogen and oxygen atoms in total. The Hall–Kier alpha value is -3.13. The molecule has 0 saturated carbocycles. The maximum Gasteiger partial charge on any atom is 0.271 e. The van der Waals surface area contributed by atoms with Gasteiger partial charge in [0, 0.05) is 25.7 Å². The standard InChI is InChI=1S/C28H31Cl2N5O2/c1-3-18(2)14-19-6-4-7-20(15-19)17-35-12-10-21(11-13-35)32-28(37)26-24(16-31-34-26)33-27(36)25-22(29)8-5-9-23(25)30/h4-9,15-16,21H,2-3,10-14,17H2,1H3,(H,31,34)(H,32,37)(H,33,36). The Morgan fingerprint density at radius 1 is 1.08 bits per heavy atom. The average molecular weight is 540 g/mol. The van der Waals surface area contributed by atoms with Crippen molar-refractivity contribution in [2.24, 2.45) is 0 Å². The van der Waals surface area contributed by atoms with Gasteiger partial charge in [-0.05, 0) is 48.9 Å². The molecule has 0 spiro atoms. The molecule has 194 valence electrons. The number of aromatic amines is 1. The van der Waals surface area contributed by atoms with Crippen molar-refractivity contribution < 1.29 is 9.59 Å². The van der Waals surface area contributed by atoms with E-state index in [4.69, 9.17) is 23.2 Å². The number of hydrogen-bond acceptors (Lipinski definition) is 4. The van der Waals surface area contributed by atoms with Crippen LogP contribution in [0, 0.1) is 0 Å². The van der Waals surface area contributed by atoms with Crippen molar-refractivity contribution in [1.82, 2.24) is 20.4 Å². The first-order valence-electron chi connectivity index (χ1n) is 12.4. The molecule has 1 fully saturated rings. The summed E-state index contributed by atoms with van der Waals surface area (Å²) in [5, 5.41) is 12.8. The largest absolute Gasteiger partial charge is 0.348 e. The fourth-order valence-corrected chi connectivity index (χ4v) is 5.03. The van der Waals surface area contributed by atoms with E-state index in [1.165, 1.54) is 22.9 Å². The Kier molecular flexibility index (Phi) is 9.03. The average Bonchev–Trinajstić information content (AvgIpc) is 3.33. The number of anilines is 1. The van der Waals surface area contributed by atoms with Crippen LogP contribution < -0.4 is 10.6 Å². The second-order valence-corrected chi connectivity index (χ2v) is 10.1. The third kappa shape index (κ3) is 7.01. The van der Waals surface area contributed by atoms with Crippen LogP contribution >= 0.6 is 23.2 Å². The van der Waals surface area contributed by atoms with E-state index in [1.807, 2.05) is 0 Å². The van der Waals surface area contributed by atoms with Gasteiger partial charge in [-0.15, -0.1) is 0 Å². The van der Waals surface area contributed by atoms with E-state index in [-0.39, 0.29) is 38.9 Å². The zero-order valence-electron chi connectivity index (χ0n) is 20.8. The monoisotopic (exact) mass is 539 g/mol. The molecule has 3 N–H and O–H groups in total. The first kappa shape index (κ1) is 26.9. The van der Waals surface area contributed by atoms with Gasteiger partial charge >= 0.3 is 0 Å². The van der Waals surface area contributed by atoms with Crippen molar-refractivity contribution in [2.45, 2.75) is 45.2 Å². The quantitative estimate of drug-likeness (QED) is 0.296. The van der Waals surface area contributed by atoms with E-state index in [9.17, 15) is 9.59 Å². The number of aromatic nitrogens is 2. The molecule has 1 saturated heterocycles. The van der Waals surface area contributed by atoms with Gasteiger partial charge in [-0.3, -0.25) is 19.6 Å². The predicted molar refractivity (Wildman–Crippen MR) is 148 cm³/mol. The molecule has 0 aliphatic carbocycles. The highest BCUT2D eigenvalue weighted by molar-refractivity contribution is 6.40. The highest BCUT2D eigenvalue weighted by Crippen LogP contribution is 2.26. The predicted octanol–water partition coefficient (Wildman–Crippen LogP) is 5.87. The number of H-pyrrole nitrogens is 1. The van der Waals surface area contributed by atoms with Gasteiger partial charge in [0.05, 0.1) is 27.5 Å². The maximum absolute atomic E-state index is 13.0. The number of benzene rings is 2. The molecule has 2 heterocycles. The number of likely N-dealkylation sites (tertiary alicyclic amines) is 1. The van der Waals surface area contributed by atoms with Gasteiger partial charge in [-0.2, -0.15) is 5.10 Å². The summed E-state index contributed by atoms with van der Waals surface area (Å²) in [6, 6.07) is 13.5. The molecule has 1 aliphatic rings. The maximum atomic E-state index is 13.0. The Morgan fingerprint density at radius 3 is 2.46 bits per heavy atom. The van der Waals surface area contributed by atoms with E-state index in [2.05, 4.69) is 63.5 Å². The van der Waals surface area contributed by atoms with Crippen LogP contribution in [0.2, 0.25) is 10.0 Å². The molecular formula is C28H31Cl2N5O2. The second kappa shape index (κ2) is 12.4. The van der Waals surface area contributed by atoms with Crippen LogP contribution in [0.4, 0.5) is 5.69 Å². The lowest BCUT2D eigenvalue weighted by Gasteiger charge is -2.32. The fourth-order valence-electron chi connectivity index (χ4n) is 4.46. The van der Waals surface area contributed by atoms with Crippen molar-refractivity contribution in [1.29, 1.82) is 0 Å². The first-order valence-corrected chi connectivity index (χ1v) is 13.2. The number of piperidine rings is 1. The third-order valence-corrected chi connectivity index (χ3v) is 7.21. The van der Waals surface area contributed by atoms with E-state index >= 15 is 0 Å². The molecule has 3 aromatic rings. The molecule has 37 heavy (non-hydrogen) atoms. The highest BCUT2D eigenvalue weighted by Gasteiger charge is 2.24. The van der Waals surface area contributed by atoms with Crippen LogP contribution in [0.1, 0.15) is 58.2 Å². The zero-order valence-corrected chi connectivity index (χ0v) is 22.3. The lowest BCUT2D eigenvalue weighted by atomic mass is 10.0. The Morgan fingerprint density at radius 2 is 1.76 bits per heavy atom. The van der Waals surface area contributed by atoms with E-state index < -0.39 is 5.91 Å². The Labute approximate surface area is 227 Å². The van der Waals surface area contributed by atoms with Crippen LogP contribution in [0.15, 0.2) is 60.8 Å². The molecule has 2 aromatic carbocycles. The summed E-state index contributed by atoms with van der Waals surface area (Å²) in [6.45, 7) is 8.91. The Bertz CT molecular complexity index is 1260. The van der Waals surface area contributed by atoms with Gasteiger partial charge in [0.15, 0.2) is 0 Å². The smallest absolute Gasteiger partial charge is 0.271 e. The number of hydrogen-bond donors (Lipinski definition) is 3. The van der Waals surface area contributed by atoms with Crippen molar-refractivity contribution in [3.8, 4) is 0 Å². The van der Waals surface area contributed by atoms with Gasteiger partial charge in [0.1, 0.15) is 5.69 Å². The van der Waals surface area contributed by atoms with Crippen LogP contribution in [0.25, 0.3) is 0 Å². The summed E-state index contributed by atoms with van der Waals surface area (Å²) in [5.74, 6) is -0.831. The number of halogens is 2. The number of carbonyl (C=O) groups is 2. The summed E-state index contributed by atoms with van der Waals surface area (Å²) in [5.41, 5.74) is 4.42. The third-order valence-electron chi connectivity index (χ3n) is 6.58. The minimum Gasteiger partial charge on any atom is -0.348 e.